The number of aromatic nitrogens is 2. The van der Waals surface area contributed by atoms with Crippen molar-refractivity contribution in [2.24, 2.45) is 5.73 Å². The van der Waals surface area contributed by atoms with E-state index in [-0.39, 0.29) is 4.90 Å². The van der Waals surface area contributed by atoms with Crippen LogP contribution in [0.4, 0.5) is 5.82 Å². The van der Waals surface area contributed by atoms with Crippen molar-refractivity contribution in [1.82, 2.24) is 5.16 Å². The summed E-state index contributed by atoms with van der Waals surface area (Å²) in [5.41, 5.74) is 4.16. The van der Waals surface area contributed by atoms with Crippen LogP contribution >= 0.6 is 0 Å². The van der Waals surface area contributed by atoms with E-state index in [2.05, 4.69) is 9.79 Å². The number of nitrogens with zero attached hydrogens (tertiary/aromatic N) is 3. The molecule has 1 aromatic rings. The molecule has 64 valence electrons. The predicted molar refractivity (Wildman–Crippen MR) is 33.1 cm³/mol. The van der Waals surface area contributed by atoms with Gasteiger partial charge in [-0.05, 0) is 9.83 Å². The molecule has 0 radical (unpaired) electrons. The highest BCUT2D eigenvalue weighted by molar-refractivity contribution is 5.94. The molecule has 0 aromatic carbocycles. The SMILES string of the molecule is N=C(N)c1c([N+](=O)[O-])no[n+]1[O-]. The van der Waals surface area contributed by atoms with E-state index >= 15 is 0 Å². The molecule has 1 aromatic heterocycles. The molecule has 9 heteroatoms. The molecule has 0 aliphatic heterocycles. The fraction of sp³-hybridized carbons (Fsp3) is 0. The highest BCUT2D eigenvalue weighted by Crippen LogP contribution is 2.08. The lowest BCUT2D eigenvalue weighted by Crippen LogP contribution is -2.34. The summed E-state index contributed by atoms with van der Waals surface area (Å²) in [7, 11) is 0. The maximum absolute atomic E-state index is 10.5. The molecule has 0 unspecified atom stereocenters. The van der Waals surface area contributed by atoms with Crippen molar-refractivity contribution in [2.45, 2.75) is 0 Å². The van der Waals surface area contributed by atoms with E-state index in [9.17, 15) is 15.3 Å². The van der Waals surface area contributed by atoms with Gasteiger partial charge in [0.05, 0.1) is 5.16 Å². The van der Waals surface area contributed by atoms with Crippen molar-refractivity contribution >= 4 is 11.7 Å². The highest BCUT2D eigenvalue weighted by Gasteiger charge is 2.27. The van der Waals surface area contributed by atoms with Gasteiger partial charge in [-0.2, -0.15) is 0 Å². The zero-order valence-corrected chi connectivity index (χ0v) is 5.55. The Labute approximate surface area is 64.6 Å². The van der Waals surface area contributed by atoms with Crippen LogP contribution in [0.15, 0.2) is 4.63 Å². The first-order valence-corrected chi connectivity index (χ1v) is 2.62. The van der Waals surface area contributed by atoms with E-state index in [1.165, 1.54) is 0 Å². The Morgan fingerprint density at radius 1 is 1.83 bits per heavy atom. The summed E-state index contributed by atoms with van der Waals surface area (Å²) in [5.74, 6) is -1.63. The van der Waals surface area contributed by atoms with Crippen LogP contribution in [0.1, 0.15) is 5.69 Å². The van der Waals surface area contributed by atoms with Crippen molar-refractivity contribution in [3.05, 3.63) is 21.0 Å². The molecule has 0 spiro atoms. The quantitative estimate of drug-likeness (QED) is 0.183. The molecule has 12 heavy (non-hydrogen) atoms. The van der Waals surface area contributed by atoms with Gasteiger partial charge in [0.1, 0.15) is 0 Å². The standard InChI is InChI=1S/C3H3N5O4/c4-2(5)1-3(7(9)10)6-12-8(1)11/h(H3,4,5). The molecule has 9 nitrogen and oxygen atoms in total. The van der Waals surface area contributed by atoms with Crippen LogP contribution in [-0.4, -0.2) is 15.9 Å². The Hall–Kier alpha value is -2.19. The summed E-state index contributed by atoms with van der Waals surface area (Å²) in [4.78, 5) is 8.86. The maximum atomic E-state index is 10.5. The lowest BCUT2D eigenvalue weighted by atomic mass is 10.4. The Balaban J connectivity index is 3.31. The molecular weight excluding hydrogens is 170 g/mol. The van der Waals surface area contributed by atoms with Crippen LogP contribution in [0.25, 0.3) is 0 Å². The number of nitrogens with two attached hydrogens (primary N) is 1. The summed E-state index contributed by atoms with van der Waals surface area (Å²) in [6.07, 6.45) is 0. The van der Waals surface area contributed by atoms with Gasteiger partial charge in [-0.1, -0.05) is 0 Å². The van der Waals surface area contributed by atoms with Gasteiger partial charge in [-0.25, -0.2) is 0 Å². The zero-order chi connectivity index (χ0) is 9.30. The molecule has 0 bridgehead atoms. The summed E-state index contributed by atoms with van der Waals surface area (Å²) in [6.45, 7) is 0. The van der Waals surface area contributed by atoms with Crippen LogP contribution in [0.3, 0.4) is 0 Å². The molecule has 0 saturated heterocycles. The lowest BCUT2D eigenvalue weighted by Gasteiger charge is -1.91. The second-order valence-corrected chi connectivity index (χ2v) is 1.77. The topological polar surface area (TPSA) is 146 Å². The second kappa shape index (κ2) is 2.45. The number of amidine groups is 1. The minimum Gasteiger partial charge on any atom is -0.380 e. The smallest absolute Gasteiger partial charge is 0.380 e. The normalized spacial score (nSPS) is 9.67. The lowest BCUT2D eigenvalue weighted by molar-refractivity contribution is -0.803. The van der Waals surface area contributed by atoms with E-state index in [1.54, 1.807) is 0 Å². The maximum Gasteiger partial charge on any atom is 0.444 e. The predicted octanol–water partition coefficient (Wildman–Crippen LogP) is -1.50. The van der Waals surface area contributed by atoms with Crippen LogP contribution in [0, 0.1) is 20.7 Å². The van der Waals surface area contributed by atoms with Gasteiger partial charge < -0.3 is 21.1 Å². The molecular formula is C3H3N5O4. The van der Waals surface area contributed by atoms with Crippen molar-refractivity contribution in [3.63, 3.8) is 0 Å². The number of rotatable bonds is 2. The van der Waals surface area contributed by atoms with Gasteiger partial charge in [-0.3, -0.25) is 10.0 Å². The fourth-order valence-corrected chi connectivity index (χ4v) is 0.580. The van der Waals surface area contributed by atoms with Crippen molar-refractivity contribution < 1.29 is 14.5 Å². The molecule has 1 rings (SSSR count). The fourth-order valence-electron chi connectivity index (χ4n) is 0.580. The van der Waals surface area contributed by atoms with Crippen molar-refractivity contribution in [3.8, 4) is 0 Å². The van der Waals surface area contributed by atoms with Crippen molar-refractivity contribution in [1.29, 1.82) is 5.41 Å². The average molecular weight is 173 g/mol. The van der Waals surface area contributed by atoms with Gasteiger partial charge in [0, 0.05) is 0 Å². The number of hydrogen-bond donors (Lipinski definition) is 2. The Morgan fingerprint density at radius 3 is 2.75 bits per heavy atom. The van der Waals surface area contributed by atoms with E-state index in [1.807, 2.05) is 0 Å². The zero-order valence-electron chi connectivity index (χ0n) is 5.55. The van der Waals surface area contributed by atoms with Crippen LogP contribution < -0.4 is 10.6 Å². The number of nitrogens with one attached hydrogen (secondary N) is 1. The Kier molecular flexibility index (Phi) is 1.62. The van der Waals surface area contributed by atoms with Gasteiger partial charge in [0.15, 0.2) is 5.84 Å². The van der Waals surface area contributed by atoms with Gasteiger partial charge in [0.25, 0.3) is 0 Å². The molecule has 0 atom stereocenters. The van der Waals surface area contributed by atoms with Crippen LogP contribution in [0.2, 0.25) is 0 Å². The molecule has 0 amide bonds. The summed E-state index contributed by atoms with van der Waals surface area (Å²) in [6, 6.07) is 0. The second-order valence-electron chi connectivity index (χ2n) is 1.77. The van der Waals surface area contributed by atoms with E-state index in [0.29, 0.717) is 0 Å². The summed E-state index contributed by atoms with van der Waals surface area (Å²) >= 11 is 0. The highest BCUT2D eigenvalue weighted by atomic mass is 16.8. The third kappa shape index (κ3) is 1.02. The monoisotopic (exact) mass is 173 g/mol. The molecule has 0 saturated carbocycles. The molecule has 0 aliphatic rings. The first-order valence-electron chi connectivity index (χ1n) is 2.62. The van der Waals surface area contributed by atoms with E-state index in [0.717, 1.165) is 0 Å². The first-order chi connectivity index (χ1) is 5.54. The Morgan fingerprint density at radius 2 is 2.42 bits per heavy atom. The third-order valence-electron chi connectivity index (χ3n) is 1.02. The van der Waals surface area contributed by atoms with Crippen molar-refractivity contribution in [2.75, 3.05) is 0 Å². The van der Waals surface area contributed by atoms with E-state index in [4.69, 9.17) is 11.1 Å². The largest absolute Gasteiger partial charge is 0.444 e. The number of nitrogen functional groups attached to an aromatic ring is 1. The average Bonchev–Trinajstić information content (AvgIpc) is 2.30. The van der Waals surface area contributed by atoms with Gasteiger partial charge >= 0.3 is 11.5 Å². The minimum atomic E-state index is -0.964. The minimum absolute atomic E-state index is 0.291. The number of nitro groups is 1. The molecule has 1 heterocycles. The molecule has 0 fully saturated rings. The summed E-state index contributed by atoms with van der Waals surface area (Å²) < 4.78 is 3.87. The van der Waals surface area contributed by atoms with Gasteiger partial charge in [-0.15, -0.1) is 0 Å². The van der Waals surface area contributed by atoms with Crippen LogP contribution in [0.5, 0.6) is 0 Å². The summed E-state index contributed by atoms with van der Waals surface area (Å²) in [5, 5.41) is 30.2. The van der Waals surface area contributed by atoms with Gasteiger partial charge in [0.2, 0.25) is 0 Å². The third-order valence-corrected chi connectivity index (χ3v) is 1.02. The molecule has 3 N–H and O–H groups in total. The number of hydrogen-bond acceptors (Lipinski definition) is 6. The van der Waals surface area contributed by atoms with Crippen LogP contribution in [-0.2, 0) is 0 Å². The Bertz CT molecular complexity index is 342. The molecule has 0 aliphatic carbocycles. The first kappa shape index (κ1) is 7.91. The van der Waals surface area contributed by atoms with E-state index < -0.39 is 22.3 Å².